The zero-order valence-corrected chi connectivity index (χ0v) is 14.5. The quantitative estimate of drug-likeness (QED) is 0.789. The summed E-state index contributed by atoms with van der Waals surface area (Å²) in [5, 5.41) is 3.14. The molecule has 0 spiro atoms. The molecule has 2 rings (SSSR count). The smallest absolute Gasteiger partial charge is 0.253 e. The molecule has 7 heteroatoms. The predicted molar refractivity (Wildman–Crippen MR) is 92.1 cm³/mol. The number of hydrogen-bond donors (Lipinski definition) is 2. The number of benzene rings is 1. The first-order chi connectivity index (χ1) is 10.9. The third-order valence-corrected chi connectivity index (χ3v) is 5.41. The molecule has 1 unspecified atom stereocenters. The van der Waals surface area contributed by atoms with Crippen molar-refractivity contribution in [1.82, 2.24) is 10.2 Å². The van der Waals surface area contributed by atoms with E-state index in [1.807, 2.05) is 18.9 Å². The number of amides is 1. The van der Waals surface area contributed by atoms with Gasteiger partial charge in [-0.2, -0.15) is 0 Å². The maximum atomic E-state index is 12.6. The number of likely N-dealkylation sites (tertiary alicyclic amines) is 1. The van der Waals surface area contributed by atoms with E-state index in [1.165, 1.54) is 0 Å². The van der Waals surface area contributed by atoms with Crippen LogP contribution in [0.25, 0.3) is 0 Å². The summed E-state index contributed by atoms with van der Waals surface area (Å²) in [5.74, 6) is 0.513. The fourth-order valence-corrected chi connectivity index (χ4v) is 4.00. The predicted octanol–water partition coefficient (Wildman–Crippen LogP) is 1.52. The number of nitrogens with zero attached hydrogens (tertiary/aromatic N) is 1. The molecule has 23 heavy (non-hydrogen) atoms. The van der Waals surface area contributed by atoms with Crippen molar-refractivity contribution in [3.05, 3.63) is 29.8 Å². The summed E-state index contributed by atoms with van der Waals surface area (Å²) in [7, 11) is -1.43. The SMILES string of the molecule is CCCS(=O)(=O)Nc1cccc(C(=O)N2CCC(CNC)C2)c1. The van der Waals surface area contributed by atoms with Gasteiger partial charge in [-0.15, -0.1) is 0 Å². The highest BCUT2D eigenvalue weighted by molar-refractivity contribution is 7.92. The van der Waals surface area contributed by atoms with Crippen LogP contribution in [0.4, 0.5) is 5.69 Å². The Hall–Kier alpha value is -1.60. The first-order valence-electron chi connectivity index (χ1n) is 7.99. The van der Waals surface area contributed by atoms with Gasteiger partial charge >= 0.3 is 0 Å². The summed E-state index contributed by atoms with van der Waals surface area (Å²) in [6.07, 6.45) is 1.55. The summed E-state index contributed by atoms with van der Waals surface area (Å²) < 4.78 is 26.2. The van der Waals surface area contributed by atoms with Crippen LogP contribution in [0.3, 0.4) is 0 Å². The third kappa shape index (κ3) is 4.94. The monoisotopic (exact) mass is 339 g/mol. The van der Waals surface area contributed by atoms with Crippen molar-refractivity contribution in [3.8, 4) is 0 Å². The number of carbonyl (C=O) groups is 1. The van der Waals surface area contributed by atoms with E-state index in [9.17, 15) is 13.2 Å². The van der Waals surface area contributed by atoms with E-state index in [0.29, 0.717) is 23.6 Å². The van der Waals surface area contributed by atoms with Gasteiger partial charge in [-0.05, 0) is 50.6 Å². The summed E-state index contributed by atoms with van der Waals surface area (Å²) in [6.45, 7) is 4.21. The molecule has 1 amide bonds. The molecule has 2 N–H and O–H groups in total. The van der Waals surface area contributed by atoms with E-state index in [4.69, 9.17) is 0 Å². The molecule has 0 radical (unpaired) electrons. The Morgan fingerprint density at radius 2 is 2.17 bits per heavy atom. The van der Waals surface area contributed by atoms with Gasteiger partial charge in [-0.3, -0.25) is 9.52 Å². The number of carbonyl (C=O) groups excluding carboxylic acids is 1. The van der Waals surface area contributed by atoms with Gasteiger partial charge in [0.2, 0.25) is 10.0 Å². The number of anilines is 1. The molecule has 1 aliphatic rings. The molecule has 1 aliphatic heterocycles. The lowest BCUT2D eigenvalue weighted by Gasteiger charge is -2.17. The van der Waals surface area contributed by atoms with E-state index in [2.05, 4.69) is 10.0 Å². The Morgan fingerprint density at radius 1 is 1.39 bits per heavy atom. The van der Waals surface area contributed by atoms with Gasteiger partial charge in [0.1, 0.15) is 0 Å². The van der Waals surface area contributed by atoms with Crippen molar-refractivity contribution >= 4 is 21.6 Å². The second-order valence-corrected chi connectivity index (χ2v) is 7.81. The van der Waals surface area contributed by atoms with Crippen molar-refractivity contribution in [3.63, 3.8) is 0 Å². The maximum absolute atomic E-state index is 12.6. The highest BCUT2D eigenvalue weighted by Gasteiger charge is 2.26. The Labute approximate surface area is 138 Å². The van der Waals surface area contributed by atoms with Gasteiger partial charge in [0, 0.05) is 24.3 Å². The molecule has 0 aliphatic carbocycles. The Bertz CT molecular complexity index is 646. The Morgan fingerprint density at radius 3 is 2.87 bits per heavy atom. The lowest BCUT2D eigenvalue weighted by atomic mass is 10.1. The number of nitrogens with one attached hydrogen (secondary N) is 2. The standard InChI is InChI=1S/C16H25N3O3S/c1-3-9-23(21,22)18-15-6-4-5-14(10-15)16(20)19-8-7-13(12-19)11-17-2/h4-6,10,13,17-18H,3,7-9,11-12H2,1-2H3. The molecule has 1 aromatic rings. The zero-order chi connectivity index (χ0) is 16.9. The molecule has 6 nitrogen and oxygen atoms in total. The fraction of sp³-hybridized carbons (Fsp3) is 0.562. The van der Waals surface area contributed by atoms with Crippen molar-refractivity contribution in [2.75, 3.05) is 37.2 Å². The van der Waals surface area contributed by atoms with Crippen molar-refractivity contribution in [2.45, 2.75) is 19.8 Å². The lowest BCUT2D eigenvalue weighted by Crippen LogP contribution is -2.30. The Kier molecular flexibility index (Phi) is 6.01. The second-order valence-electron chi connectivity index (χ2n) is 5.97. The van der Waals surface area contributed by atoms with Crippen LogP contribution in [0.15, 0.2) is 24.3 Å². The summed E-state index contributed by atoms with van der Waals surface area (Å²) >= 11 is 0. The number of sulfonamides is 1. The first-order valence-corrected chi connectivity index (χ1v) is 9.65. The summed E-state index contributed by atoms with van der Waals surface area (Å²) in [6, 6.07) is 6.71. The molecule has 128 valence electrons. The molecular formula is C16H25N3O3S. The van der Waals surface area contributed by atoms with Gasteiger partial charge < -0.3 is 10.2 Å². The minimum atomic E-state index is -3.35. The molecule has 0 bridgehead atoms. The topological polar surface area (TPSA) is 78.5 Å². The van der Waals surface area contributed by atoms with Gasteiger partial charge in [0.25, 0.3) is 5.91 Å². The van der Waals surface area contributed by atoms with Crippen LogP contribution in [0, 0.1) is 5.92 Å². The van der Waals surface area contributed by atoms with E-state index in [-0.39, 0.29) is 11.7 Å². The highest BCUT2D eigenvalue weighted by Crippen LogP contribution is 2.20. The zero-order valence-electron chi connectivity index (χ0n) is 13.7. The van der Waals surface area contributed by atoms with Crippen LogP contribution >= 0.6 is 0 Å². The molecule has 0 saturated carbocycles. The maximum Gasteiger partial charge on any atom is 0.253 e. The van der Waals surface area contributed by atoms with Crippen LogP contribution in [0.5, 0.6) is 0 Å². The molecule has 1 heterocycles. The van der Waals surface area contributed by atoms with Gasteiger partial charge in [0.05, 0.1) is 5.75 Å². The van der Waals surface area contributed by atoms with Crippen molar-refractivity contribution < 1.29 is 13.2 Å². The molecule has 0 aromatic heterocycles. The number of rotatable bonds is 7. The normalized spacial score (nSPS) is 18.2. The summed E-state index contributed by atoms with van der Waals surface area (Å²) in [4.78, 5) is 14.4. The van der Waals surface area contributed by atoms with Crippen molar-refractivity contribution in [1.29, 1.82) is 0 Å². The van der Waals surface area contributed by atoms with E-state index in [1.54, 1.807) is 24.3 Å². The average molecular weight is 339 g/mol. The van der Waals surface area contributed by atoms with Gasteiger partial charge in [0.15, 0.2) is 0 Å². The highest BCUT2D eigenvalue weighted by atomic mass is 32.2. The van der Waals surface area contributed by atoms with E-state index < -0.39 is 10.0 Å². The lowest BCUT2D eigenvalue weighted by molar-refractivity contribution is 0.0787. The van der Waals surface area contributed by atoms with Crippen LogP contribution in [0.1, 0.15) is 30.1 Å². The minimum Gasteiger partial charge on any atom is -0.338 e. The molecule has 1 fully saturated rings. The Balaban J connectivity index is 2.06. The summed E-state index contributed by atoms with van der Waals surface area (Å²) in [5.41, 5.74) is 0.960. The van der Waals surface area contributed by atoms with Crippen LogP contribution in [-0.4, -0.2) is 51.7 Å². The first kappa shape index (κ1) is 17.7. The molecule has 1 saturated heterocycles. The molecule has 1 aromatic carbocycles. The van der Waals surface area contributed by atoms with Crippen molar-refractivity contribution in [2.24, 2.45) is 5.92 Å². The largest absolute Gasteiger partial charge is 0.338 e. The van der Waals surface area contributed by atoms with Crippen LogP contribution in [0.2, 0.25) is 0 Å². The second kappa shape index (κ2) is 7.79. The van der Waals surface area contributed by atoms with Gasteiger partial charge in [-0.25, -0.2) is 8.42 Å². The van der Waals surface area contributed by atoms with E-state index >= 15 is 0 Å². The molecular weight excluding hydrogens is 314 g/mol. The minimum absolute atomic E-state index is 0.0415. The van der Waals surface area contributed by atoms with Crippen LogP contribution < -0.4 is 10.0 Å². The third-order valence-electron chi connectivity index (χ3n) is 3.92. The fourth-order valence-electron chi connectivity index (χ4n) is 2.87. The number of hydrogen-bond acceptors (Lipinski definition) is 4. The van der Waals surface area contributed by atoms with Crippen LogP contribution in [-0.2, 0) is 10.0 Å². The van der Waals surface area contributed by atoms with E-state index in [0.717, 1.165) is 26.1 Å². The molecule has 1 atom stereocenters. The van der Waals surface area contributed by atoms with Gasteiger partial charge in [-0.1, -0.05) is 13.0 Å². The average Bonchev–Trinajstić information content (AvgIpc) is 2.95.